The number of anilines is 1. The number of imidazole rings is 1. The molecule has 0 bridgehead atoms. The van der Waals surface area contributed by atoms with Gasteiger partial charge in [0.2, 0.25) is 5.95 Å². The van der Waals surface area contributed by atoms with Gasteiger partial charge in [-0.1, -0.05) is 67.8 Å². The molecule has 0 unspecified atom stereocenters. The predicted molar refractivity (Wildman–Crippen MR) is 135 cm³/mol. The molecule has 33 heavy (non-hydrogen) atoms. The number of halogens is 1. The molecular formula is C23H31BrN6O3. The Balaban J connectivity index is 1.78. The minimum absolute atomic E-state index is 0.0926. The summed E-state index contributed by atoms with van der Waals surface area (Å²) >= 11 is 3.37. The van der Waals surface area contributed by atoms with Crippen molar-refractivity contribution >= 4 is 39.3 Å². The first-order chi connectivity index (χ1) is 15.9. The topological polar surface area (TPSA) is 117 Å². The molecule has 0 atom stereocenters. The van der Waals surface area contributed by atoms with E-state index in [1.54, 1.807) is 29.8 Å². The zero-order valence-electron chi connectivity index (χ0n) is 19.1. The molecule has 3 rings (SSSR count). The standard InChI is InChI=1S/C23H31BrN6O3/c1-3-4-5-6-7-8-9-10-13-30-19-20(29(2)23(33)27-21(19)32)26-22(30)28-25-15-16-14-17(24)11-12-18(16)31/h11-12,14-15,31H,3-10,13H2,1-2H3,(H,26,28)(H,27,32,33). The summed E-state index contributed by atoms with van der Waals surface area (Å²) in [5.41, 5.74) is 3.04. The number of hydrogen-bond acceptors (Lipinski definition) is 6. The van der Waals surface area contributed by atoms with Gasteiger partial charge in [0.15, 0.2) is 11.2 Å². The molecule has 2 aromatic heterocycles. The summed E-state index contributed by atoms with van der Waals surface area (Å²) in [6.45, 7) is 2.79. The van der Waals surface area contributed by atoms with Gasteiger partial charge in [-0.2, -0.15) is 10.1 Å². The first-order valence-electron chi connectivity index (χ1n) is 11.4. The van der Waals surface area contributed by atoms with Crippen molar-refractivity contribution in [2.75, 3.05) is 5.43 Å². The van der Waals surface area contributed by atoms with Crippen molar-refractivity contribution in [3.05, 3.63) is 49.1 Å². The maximum atomic E-state index is 12.6. The lowest BCUT2D eigenvalue weighted by molar-refractivity contribution is 0.474. The minimum Gasteiger partial charge on any atom is -0.507 e. The smallest absolute Gasteiger partial charge is 0.329 e. The molecule has 0 aliphatic heterocycles. The lowest BCUT2D eigenvalue weighted by Crippen LogP contribution is -2.29. The number of aromatic amines is 1. The van der Waals surface area contributed by atoms with Gasteiger partial charge < -0.3 is 9.67 Å². The summed E-state index contributed by atoms with van der Waals surface area (Å²) in [6, 6.07) is 5.03. The Bertz CT molecular complexity index is 1230. The third kappa shape index (κ3) is 6.34. The fourth-order valence-corrected chi connectivity index (χ4v) is 4.11. The van der Waals surface area contributed by atoms with Crippen molar-refractivity contribution in [1.82, 2.24) is 19.1 Å². The highest BCUT2D eigenvalue weighted by atomic mass is 79.9. The Labute approximate surface area is 200 Å². The van der Waals surface area contributed by atoms with E-state index >= 15 is 0 Å². The highest BCUT2D eigenvalue weighted by Gasteiger charge is 2.17. The van der Waals surface area contributed by atoms with Gasteiger partial charge in [-0.15, -0.1) is 0 Å². The van der Waals surface area contributed by atoms with E-state index in [9.17, 15) is 14.7 Å². The normalized spacial score (nSPS) is 11.6. The van der Waals surface area contributed by atoms with Crippen molar-refractivity contribution in [2.24, 2.45) is 12.1 Å². The van der Waals surface area contributed by atoms with Crippen LogP contribution < -0.4 is 16.7 Å². The van der Waals surface area contributed by atoms with E-state index in [1.807, 2.05) is 0 Å². The number of aromatic nitrogens is 4. The van der Waals surface area contributed by atoms with Gasteiger partial charge in [0.25, 0.3) is 5.56 Å². The minimum atomic E-state index is -0.515. The molecule has 0 aliphatic rings. The number of aromatic hydroxyl groups is 1. The number of phenols is 1. The van der Waals surface area contributed by atoms with Gasteiger partial charge in [-0.25, -0.2) is 10.2 Å². The van der Waals surface area contributed by atoms with Crippen LogP contribution in [0.15, 0.2) is 37.4 Å². The van der Waals surface area contributed by atoms with Crippen LogP contribution in [0, 0.1) is 0 Å². The highest BCUT2D eigenvalue weighted by molar-refractivity contribution is 9.10. The second kappa shape index (κ2) is 11.8. The summed E-state index contributed by atoms with van der Waals surface area (Å²) in [5, 5.41) is 14.2. The maximum absolute atomic E-state index is 12.6. The number of benzene rings is 1. The third-order valence-electron chi connectivity index (χ3n) is 5.60. The van der Waals surface area contributed by atoms with Crippen LogP contribution in [-0.4, -0.2) is 30.4 Å². The molecule has 0 spiro atoms. The van der Waals surface area contributed by atoms with Crippen LogP contribution in [0.5, 0.6) is 5.75 Å². The number of unbranched alkanes of at least 4 members (excludes halogenated alkanes) is 7. The molecule has 3 aromatic rings. The lowest BCUT2D eigenvalue weighted by atomic mass is 10.1. The van der Waals surface area contributed by atoms with E-state index in [4.69, 9.17) is 0 Å². The lowest BCUT2D eigenvalue weighted by Gasteiger charge is -2.08. The van der Waals surface area contributed by atoms with Crippen LogP contribution in [0.4, 0.5) is 5.95 Å². The quantitative estimate of drug-likeness (QED) is 0.185. The summed E-state index contributed by atoms with van der Waals surface area (Å²) in [5.74, 6) is 0.459. The second-order valence-corrected chi connectivity index (χ2v) is 9.04. The van der Waals surface area contributed by atoms with Crippen molar-refractivity contribution in [3.63, 3.8) is 0 Å². The number of fused-ring (bicyclic) bond motifs is 1. The van der Waals surface area contributed by atoms with E-state index in [2.05, 4.69) is 43.3 Å². The number of phenolic OH excluding ortho intramolecular Hbond substituents is 1. The number of nitrogens with one attached hydrogen (secondary N) is 2. The average molecular weight is 519 g/mol. The molecule has 0 saturated heterocycles. The van der Waals surface area contributed by atoms with E-state index in [0.717, 1.165) is 23.7 Å². The van der Waals surface area contributed by atoms with Crippen LogP contribution in [-0.2, 0) is 13.6 Å². The molecule has 178 valence electrons. The number of nitrogens with zero attached hydrogens (tertiary/aromatic N) is 4. The van der Waals surface area contributed by atoms with Crippen LogP contribution in [0.3, 0.4) is 0 Å². The van der Waals surface area contributed by atoms with Crippen LogP contribution >= 0.6 is 15.9 Å². The van der Waals surface area contributed by atoms with Crippen molar-refractivity contribution in [2.45, 2.75) is 64.8 Å². The van der Waals surface area contributed by atoms with Gasteiger partial charge in [0, 0.05) is 23.6 Å². The molecule has 10 heteroatoms. The van der Waals surface area contributed by atoms with E-state index in [1.165, 1.54) is 42.9 Å². The van der Waals surface area contributed by atoms with E-state index in [-0.39, 0.29) is 5.75 Å². The van der Waals surface area contributed by atoms with Crippen molar-refractivity contribution < 1.29 is 5.11 Å². The number of hydrogen-bond donors (Lipinski definition) is 3. The Morgan fingerprint density at radius 2 is 1.85 bits per heavy atom. The SMILES string of the molecule is CCCCCCCCCCn1c(NN=Cc2cc(Br)ccc2O)nc2c1c(=O)[nH]c(=O)n2C. The molecule has 1 aromatic carbocycles. The largest absolute Gasteiger partial charge is 0.507 e. The number of rotatable bonds is 12. The maximum Gasteiger partial charge on any atom is 0.329 e. The molecule has 0 amide bonds. The fraction of sp³-hybridized carbons (Fsp3) is 0.478. The summed E-state index contributed by atoms with van der Waals surface area (Å²) < 4.78 is 3.89. The van der Waals surface area contributed by atoms with Gasteiger partial charge >= 0.3 is 5.69 Å². The zero-order valence-corrected chi connectivity index (χ0v) is 20.7. The van der Waals surface area contributed by atoms with Crippen LogP contribution in [0.25, 0.3) is 11.2 Å². The van der Waals surface area contributed by atoms with E-state index < -0.39 is 11.2 Å². The average Bonchev–Trinajstić information content (AvgIpc) is 3.15. The van der Waals surface area contributed by atoms with Gasteiger partial charge in [-0.05, 0) is 24.6 Å². The summed E-state index contributed by atoms with van der Waals surface area (Å²) in [4.78, 5) is 31.4. The van der Waals surface area contributed by atoms with E-state index in [0.29, 0.717) is 29.2 Å². The molecule has 3 N–H and O–H groups in total. The highest BCUT2D eigenvalue weighted by Crippen LogP contribution is 2.21. The van der Waals surface area contributed by atoms with Crippen LogP contribution in [0.2, 0.25) is 0 Å². The molecule has 2 heterocycles. The number of H-pyrrole nitrogens is 1. The Hall–Kier alpha value is -2.88. The predicted octanol–water partition coefficient (Wildman–Crippen LogP) is 4.48. The van der Waals surface area contributed by atoms with Crippen LogP contribution in [0.1, 0.15) is 63.9 Å². The van der Waals surface area contributed by atoms with Gasteiger partial charge in [-0.3, -0.25) is 14.3 Å². The van der Waals surface area contributed by atoms with Gasteiger partial charge in [0.1, 0.15) is 5.75 Å². The molecular weight excluding hydrogens is 488 g/mol. The Morgan fingerprint density at radius 1 is 1.15 bits per heavy atom. The first kappa shape index (κ1) is 24.8. The monoisotopic (exact) mass is 518 g/mol. The Kier molecular flexibility index (Phi) is 8.87. The fourth-order valence-electron chi connectivity index (χ4n) is 3.73. The molecule has 0 radical (unpaired) electrons. The van der Waals surface area contributed by atoms with Crippen molar-refractivity contribution in [3.8, 4) is 5.75 Å². The first-order valence-corrected chi connectivity index (χ1v) is 12.2. The number of aryl methyl sites for hydroxylation is 2. The third-order valence-corrected chi connectivity index (χ3v) is 6.09. The zero-order chi connectivity index (χ0) is 23.8. The molecule has 0 aliphatic carbocycles. The molecule has 0 fully saturated rings. The molecule has 9 nitrogen and oxygen atoms in total. The van der Waals surface area contributed by atoms with Gasteiger partial charge in [0.05, 0.1) is 6.21 Å². The second-order valence-electron chi connectivity index (χ2n) is 8.13. The van der Waals surface area contributed by atoms with Crippen molar-refractivity contribution in [1.29, 1.82) is 0 Å². The molecule has 0 saturated carbocycles. The summed E-state index contributed by atoms with van der Waals surface area (Å²) in [6.07, 6.45) is 10.8. The number of hydrazone groups is 1. The summed E-state index contributed by atoms with van der Waals surface area (Å²) in [7, 11) is 1.57. The Morgan fingerprint density at radius 3 is 2.58 bits per heavy atom.